The zero-order valence-corrected chi connectivity index (χ0v) is 22.8. The van der Waals surface area contributed by atoms with Crippen LogP contribution in [-0.2, 0) is 32.6 Å². The topological polar surface area (TPSA) is 96.0 Å². The number of carbonyl (C=O) groups is 2. The molecule has 9 heteroatoms. The largest absolute Gasteiger partial charge is 0.497 e. The van der Waals surface area contributed by atoms with Gasteiger partial charge in [0.25, 0.3) is 0 Å². The molecular weight excluding hydrogens is 478 g/mol. The van der Waals surface area contributed by atoms with Gasteiger partial charge in [-0.15, -0.1) is 0 Å². The third-order valence-corrected chi connectivity index (χ3v) is 7.15. The molecule has 0 aliphatic carbocycles. The first kappa shape index (κ1) is 29.2. The highest BCUT2D eigenvalue weighted by Gasteiger charge is 2.32. The number of rotatable bonds is 14. The molecule has 0 radical (unpaired) electrons. The minimum atomic E-state index is -3.77. The van der Waals surface area contributed by atoms with Gasteiger partial charge in [-0.3, -0.25) is 13.9 Å². The molecule has 2 aromatic carbocycles. The minimum Gasteiger partial charge on any atom is -0.497 e. The van der Waals surface area contributed by atoms with Crippen molar-refractivity contribution in [1.82, 2.24) is 10.2 Å². The fourth-order valence-corrected chi connectivity index (χ4v) is 4.92. The van der Waals surface area contributed by atoms with E-state index in [9.17, 15) is 18.0 Å². The van der Waals surface area contributed by atoms with Gasteiger partial charge in [0.05, 0.1) is 19.1 Å². The van der Waals surface area contributed by atoms with Crippen molar-refractivity contribution in [3.8, 4) is 5.75 Å². The number of anilines is 1. The predicted molar refractivity (Wildman–Crippen MR) is 144 cm³/mol. The van der Waals surface area contributed by atoms with Crippen LogP contribution in [0.3, 0.4) is 0 Å². The minimum absolute atomic E-state index is 0.142. The Morgan fingerprint density at radius 3 is 2.39 bits per heavy atom. The van der Waals surface area contributed by atoms with Crippen LogP contribution in [0, 0.1) is 0 Å². The molecule has 2 amide bonds. The van der Waals surface area contributed by atoms with Crippen molar-refractivity contribution in [2.75, 3.05) is 30.8 Å². The van der Waals surface area contributed by atoms with Crippen molar-refractivity contribution in [3.05, 3.63) is 59.7 Å². The van der Waals surface area contributed by atoms with E-state index in [2.05, 4.69) is 5.32 Å². The summed E-state index contributed by atoms with van der Waals surface area (Å²) in [5.41, 5.74) is 2.07. The van der Waals surface area contributed by atoms with Gasteiger partial charge in [-0.2, -0.15) is 0 Å². The zero-order chi connectivity index (χ0) is 26.7. The Morgan fingerprint density at radius 1 is 1.06 bits per heavy atom. The summed E-state index contributed by atoms with van der Waals surface area (Å²) < 4.78 is 32.1. The maximum absolute atomic E-state index is 13.8. The highest BCUT2D eigenvalue weighted by Crippen LogP contribution is 2.24. The van der Waals surface area contributed by atoms with Gasteiger partial charge >= 0.3 is 0 Å². The molecule has 0 aromatic heterocycles. The Hall–Kier alpha value is -3.07. The second-order valence-corrected chi connectivity index (χ2v) is 10.6. The molecule has 1 N–H and O–H groups in total. The molecule has 2 aromatic rings. The number of nitrogens with zero attached hydrogens (tertiary/aromatic N) is 2. The number of carbonyl (C=O) groups excluding carboxylic acids is 2. The van der Waals surface area contributed by atoms with Gasteiger partial charge in [-0.25, -0.2) is 8.42 Å². The molecule has 1 unspecified atom stereocenters. The first-order valence-corrected chi connectivity index (χ1v) is 14.3. The Bertz CT molecular complexity index is 1120. The van der Waals surface area contributed by atoms with Crippen molar-refractivity contribution in [3.63, 3.8) is 0 Å². The van der Waals surface area contributed by atoms with Gasteiger partial charge in [-0.1, -0.05) is 57.5 Å². The first-order valence-electron chi connectivity index (χ1n) is 12.4. The molecule has 1 atom stereocenters. The summed E-state index contributed by atoms with van der Waals surface area (Å²) in [5, 5.41) is 2.92. The summed E-state index contributed by atoms with van der Waals surface area (Å²) in [7, 11) is -2.20. The number of benzene rings is 2. The number of unbranched alkanes of at least 4 members (excludes halogenated alkanes) is 1. The van der Waals surface area contributed by atoms with Crippen molar-refractivity contribution < 1.29 is 22.7 Å². The van der Waals surface area contributed by atoms with Crippen molar-refractivity contribution in [2.45, 2.75) is 59.0 Å². The summed E-state index contributed by atoms with van der Waals surface area (Å²) in [4.78, 5) is 28.4. The standard InChI is InChI=1S/C27H39N3O5S/c1-6-9-17-28-27(32)24(8-3)29(19-21-13-12-15-23(18-21)35-4)26(31)20-30(36(5,33)34)25-16-11-10-14-22(25)7-2/h10-16,18,24H,6-9,17,19-20H2,1-5H3,(H,28,32). The summed E-state index contributed by atoms with van der Waals surface area (Å²) >= 11 is 0. The lowest BCUT2D eigenvalue weighted by atomic mass is 10.1. The third kappa shape index (κ3) is 7.98. The molecule has 0 aliphatic heterocycles. The maximum atomic E-state index is 13.8. The van der Waals surface area contributed by atoms with Crippen LogP contribution in [0.4, 0.5) is 5.69 Å². The van der Waals surface area contributed by atoms with Crippen molar-refractivity contribution >= 4 is 27.5 Å². The number of nitrogens with one attached hydrogen (secondary N) is 1. The molecule has 2 rings (SSSR count). The van der Waals surface area contributed by atoms with Gasteiger partial charge in [0, 0.05) is 13.1 Å². The van der Waals surface area contributed by atoms with Crippen LogP contribution in [0.5, 0.6) is 5.75 Å². The van der Waals surface area contributed by atoms with E-state index in [1.165, 1.54) is 4.90 Å². The molecular formula is C27H39N3O5S. The molecule has 0 saturated carbocycles. The van der Waals surface area contributed by atoms with Gasteiger partial charge in [0.2, 0.25) is 21.8 Å². The number of sulfonamides is 1. The Kier molecular flexibility index (Phi) is 11.2. The van der Waals surface area contributed by atoms with Crippen LogP contribution < -0.4 is 14.4 Å². The van der Waals surface area contributed by atoms with E-state index in [1.54, 1.807) is 25.3 Å². The number of hydrogen-bond donors (Lipinski definition) is 1. The van der Waals surface area contributed by atoms with Gasteiger partial charge in [0.15, 0.2) is 0 Å². The van der Waals surface area contributed by atoms with Crippen molar-refractivity contribution in [1.29, 1.82) is 0 Å². The Balaban J connectivity index is 2.45. The third-order valence-electron chi connectivity index (χ3n) is 6.02. The fraction of sp³-hybridized carbons (Fsp3) is 0.481. The number of aryl methyl sites for hydroxylation is 1. The molecule has 0 heterocycles. The van der Waals surface area contributed by atoms with Gasteiger partial charge in [0.1, 0.15) is 18.3 Å². The highest BCUT2D eigenvalue weighted by atomic mass is 32.2. The lowest BCUT2D eigenvalue weighted by molar-refractivity contribution is -0.140. The van der Waals surface area contributed by atoms with Gasteiger partial charge in [-0.05, 0) is 48.6 Å². The van der Waals surface area contributed by atoms with Crippen molar-refractivity contribution in [2.24, 2.45) is 0 Å². The molecule has 0 fully saturated rings. The van der Waals surface area contributed by atoms with E-state index in [-0.39, 0.29) is 12.5 Å². The number of methoxy groups -OCH3 is 1. The molecule has 0 bridgehead atoms. The molecule has 8 nitrogen and oxygen atoms in total. The van der Waals surface area contributed by atoms with Crippen LogP contribution in [0.15, 0.2) is 48.5 Å². The van der Waals surface area contributed by atoms with Crippen LogP contribution in [0.25, 0.3) is 0 Å². The van der Waals surface area contributed by atoms with E-state index in [1.807, 2.05) is 51.1 Å². The Morgan fingerprint density at radius 2 is 1.78 bits per heavy atom. The molecule has 0 saturated heterocycles. The fourth-order valence-electron chi connectivity index (χ4n) is 4.04. The van der Waals surface area contributed by atoms with Gasteiger partial charge < -0.3 is 15.0 Å². The predicted octanol–water partition coefficient (Wildman–Crippen LogP) is 3.75. The number of ether oxygens (including phenoxy) is 1. The monoisotopic (exact) mass is 517 g/mol. The lowest BCUT2D eigenvalue weighted by Crippen LogP contribution is -2.52. The van der Waals surface area contributed by atoms with Crippen LogP contribution in [-0.4, -0.2) is 57.6 Å². The second-order valence-electron chi connectivity index (χ2n) is 8.69. The second kappa shape index (κ2) is 13.9. The molecule has 198 valence electrons. The van der Waals surface area contributed by atoms with E-state index in [0.717, 1.165) is 34.5 Å². The highest BCUT2D eigenvalue weighted by molar-refractivity contribution is 7.92. The average molecular weight is 518 g/mol. The quantitative estimate of drug-likeness (QED) is 0.385. The lowest BCUT2D eigenvalue weighted by Gasteiger charge is -2.33. The van der Waals surface area contributed by atoms with Crippen LogP contribution >= 0.6 is 0 Å². The number of amides is 2. The normalized spacial score (nSPS) is 12.0. The number of para-hydroxylation sites is 1. The summed E-state index contributed by atoms with van der Waals surface area (Å²) in [6.45, 7) is 6.07. The average Bonchev–Trinajstić information content (AvgIpc) is 2.86. The SMILES string of the molecule is CCCCNC(=O)C(CC)N(Cc1cccc(OC)c1)C(=O)CN(c1ccccc1CC)S(C)(=O)=O. The summed E-state index contributed by atoms with van der Waals surface area (Å²) in [5.74, 6) is -0.0660. The summed E-state index contributed by atoms with van der Waals surface area (Å²) in [6, 6.07) is 13.7. The zero-order valence-electron chi connectivity index (χ0n) is 22.0. The maximum Gasteiger partial charge on any atom is 0.244 e. The van der Waals surface area contributed by atoms with E-state index in [0.29, 0.717) is 30.8 Å². The number of hydrogen-bond acceptors (Lipinski definition) is 5. The summed E-state index contributed by atoms with van der Waals surface area (Å²) in [6.07, 6.45) is 3.86. The Labute approximate surface area is 215 Å². The van der Waals surface area contributed by atoms with Crippen LogP contribution in [0.1, 0.15) is 51.2 Å². The molecule has 36 heavy (non-hydrogen) atoms. The van der Waals surface area contributed by atoms with E-state index >= 15 is 0 Å². The molecule has 0 spiro atoms. The van der Waals surface area contributed by atoms with E-state index < -0.39 is 28.5 Å². The van der Waals surface area contributed by atoms with E-state index in [4.69, 9.17) is 4.74 Å². The first-order chi connectivity index (χ1) is 17.2. The smallest absolute Gasteiger partial charge is 0.244 e. The molecule has 0 aliphatic rings. The van der Waals surface area contributed by atoms with Crippen LogP contribution in [0.2, 0.25) is 0 Å².